The molecule has 0 spiro atoms. The normalized spacial score (nSPS) is 10.5. The van der Waals surface area contributed by atoms with Crippen molar-refractivity contribution in [1.29, 1.82) is 0 Å². The van der Waals surface area contributed by atoms with Crippen LogP contribution in [0.1, 0.15) is 16.3 Å². The van der Waals surface area contributed by atoms with Gasteiger partial charge in [-0.15, -0.1) is 11.3 Å². The van der Waals surface area contributed by atoms with Crippen molar-refractivity contribution >= 4 is 11.3 Å². The van der Waals surface area contributed by atoms with Crippen molar-refractivity contribution in [3.05, 3.63) is 45.9 Å². The predicted molar refractivity (Wildman–Crippen MR) is 57.0 cm³/mol. The van der Waals surface area contributed by atoms with Crippen LogP contribution in [-0.4, -0.2) is 9.97 Å². The molecule has 2 heterocycles. The summed E-state index contributed by atoms with van der Waals surface area (Å²) >= 11 is 1.58. The van der Waals surface area contributed by atoms with E-state index in [2.05, 4.69) is 9.97 Å². The maximum absolute atomic E-state index is 13.7. The monoisotopic (exact) mass is 223 g/mol. The van der Waals surface area contributed by atoms with Gasteiger partial charge in [0.15, 0.2) is 5.82 Å². The van der Waals surface area contributed by atoms with Crippen LogP contribution in [0.25, 0.3) is 0 Å². The van der Waals surface area contributed by atoms with Gasteiger partial charge in [-0.3, -0.25) is 0 Å². The Morgan fingerprint density at radius 1 is 1.33 bits per heavy atom. The summed E-state index contributed by atoms with van der Waals surface area (Å²) in [6.45, 7) is 0.103. The number of nitrogens with two attached hydrogens (primary N) is 1. The minimum Gasteiger partial charge on any atom is -0.325 e. The molecule has 2 aromatic heterocycles. The second kappa shape index (κ2) is 4.46. The van der Waals surface area contributed by atoms with Crippen molar-refractivity contribution in [3.63, 3.8) is 0 Å². The zero-order valence-corrected chi connectivity index (χ0v) is 8.80. The van der Waals surface area contributed by atoms with Crippen molar-refractivity contribution in [2.75, 3.05) is 0 Å². The fraction of sp³-hybridized carbons (Fsp3) is 0.200. The molecule has 0 aliphatic heterocycles. The average molecular weight is 223 g/mol. The van der Waals surface area contributed by atoms with Gasteiger partial charge in [-0.05, 0) is 11.4 Å². The second-order valence-electron chi connectivity index (χ2n) is 3.04. The minimum absolute atomic E-state index is 0.103. The van der Waals surface area contributed by atoms with Crippen LogP contribution in [0.4, 0.5) is 4.39 Å². The smallest absolute Gasteiger partial charge is 0.167 e. The number of thiophene rings is 1. The molecule has 0 atom stereocenters. The van der Waals surface area contributed by atoms with Gasteiger partial charge in [-0.1, -0.05) is 6.07 Å². The summed E-state index contributed by atoms with van der Waals surface area (Å²) in [7, 11) is 0. The molecule has 0 aliphatic carbocycles. The van der Waals surface area contributed by atoms with Crippen molar-refractivity contribution < 1.29 is 4.39 Å². The molecule has 15 heavy (non-hydrogen) atoms. The quantitative estimate of drug-likeness (QED) is 0.862. The molecule has 5 heteroatoms. The summed E-state index contributed by atoms with van der Waals surface area (Å²) in [5.74, 6) is -0.381. The molecule has 0 saturated heterocycles. The lowest BCUT2D eigenvalue weighted by Gasteiger charge is -2.03. The molecule has 0 unspecified atom stereocenters. The first kappa shape index (κ1) is 10.2. The van der Waals surface area contributed by atoms with E-state index in [1.54, 1.807) is 11.3 Å². The van der Waals surface area contributed by atoms with Gasteiger partial charge in [0.1, 0.15) is 6.33 Å². The zero-order valence-electron chi connectivity index (χ0n) is 7.98. The SMILES string of the molecule is NCc1ncnc(Cc2cccs2)c1F. The Hall–Kier alpha value is -1.33. The third-order valence-corrected chi connectivity index (χ3v) is 2.93. The molecule has 2 N–H and O–H groups in total. The van der Waals surface area contributed by atoms with E-state index in [0.717, 1.165) is 4.88 Å². The van der Waals surface area contributed by atoms with Gasteiger partial charge in [-0.25, -0.2) is 14.4 Å². The Morgan fingerprint density at radius 3 is 2.80 bits per heavy atom. The molecule has 0 fully saturated rings. The van der Waals surface area contributed by atoms with E-state index < -0.39 is 0 Å². The third kappa shape index (κ3) is 2.19. The van der Waals surface area contributed by atoms with Crippen LogP contribution in [0.2, 0.25) is 0 Å². The molecule has 0 bridgehead atoms. The lowest BCUT2D eigenvalue weighted by atomic mass is 10.2. The number of aromatic nitrogens is 2. The first-order valence-corrected chi connectivity index (χ1v) is 5.40. The Kier molecular flexibility index (Phi) is 3.03. The molecule has 2 aromatic rings. The van der Waals surface area contributed by atoms with Crippen LogP contribution in [0.5, 0.6) is 0 Å². The van der Waals surface area contributed by atoms with Gasteiger partial charge in [0.2, 0.25) is 0 Å². The van der Waals surface area contributed by atoms with Crippen LogP contribution >= 0.6 is 11.3 Å². The second-order valence-corrected chi connectivity index (χ2v) is 4.07. The molecule has 0 aliphatic rings. The van der Waals surface area contributed by atoms with Crippen molar-refractivity contribution in [2.45, 2.75) is 13.0 Å². The summed E-state index contributed by atoms with van der Waals surface area (Å²) in [5.41, 5.74) is 6.05. The summed E-state index contributed by atoms with van der Waals surface area (Å²) in [6.07, 6.45) is 1.85. The highest BCUT2D eigenvalue weighted by atomic mass is 32.1. The zero-order chi connectivity index (χ0) is 10.7. The van der Waals surface area contributed by atoms with E-state index in [9.17, 15) is 4.39 Å². The van der Waals surface area contributed by atoms with E-state index in [1.165, 1.54) is 6.33 Å². The fourth-order valence-electron chi connectivity index (χ4n) is 1.29. The van der Waals surface area contributed by atoms with Crippen molar-refractivity contribution in [2.24, 2.45) is 5.73 Å². The molecule has 0 saturated carbocycles. The molecule has 78 valence electrons. The van der Waals surface area contributed by atoms with Gasteiger partial charge >= 0.3 is 0 Å². The predicted octanol–water partition coefficient (Wildman–Crippen LogP) is 1.73. The number of halogens is 1. The third-order valence-electron chi connectivity index (χ3n) is 2.05. The van der Waals surface area contributed by atoms with Gasteiger partial charge in [0, 0.05) is 17.8 Å². The number of rotatable bonds is 3. The maximum Gasteiger partial charge on any atom is 0.167 e. The van der Waals surface area contributed by atoms with E-state index in [1.807, 2.05) is 17.5 Å². The molecule has 3 nitrogen and oxygen atoms in total. The molecule has 0 radical (unpaired) electrons. The van der Waals surface area contributed by atoms with Crippen LogP contribution < -0.4 is 5.73 Å². The maximum atomic E-state index is 13.7. The largest absolute Gasteiger partial charge is 0.325 e. The van der Waals surface area contributed by atoms with E-state index in [0.29, 0.717) is 12.1 Å². The van der Waals surface area contributed by atoms with Crippen molar-refractivity contribution in [3.8, 4) is 0 Å². The first-order chi connectivity index (χ1) is 7.31. The van der Waals surface area contributed by atoms with Crippen LogP contribution in [-0.2, 0) is 13.0 Å². The molecule has 0 aromatic carbocycles. The van der Waals surface area contributed by atoms with E-state index in [4.69, 9.17) is 5.73 Å². The number of nitrogens with zero attached hydrogens (tertiary/aromatic N) is 2. The van der Waals surface area contributed by atoms with Gasteiger partial charge in [-0.2, -0.15) is 0 Å². The lowest BCUT2D eigenvalue weighted by molar-refractivity contribution is 0.575. The number of hydrogen-bond donors (Lipinski definition) is 1. The van der Waals surface area contributed by atoms with Gasteiger partial charge in [0.05, 0.1) is 11.4 Å². The Balaban J connectivity index is 2.29. The molecular formula is C10H10FN3S. The number of hydrogen-bond acceptors (Lipinski definition) is 4. The highest BCUT2D eigenvalue weighted by Crippen LogP contribution is 2.16. The van der Waals surface area contributed by atoms with E-state index in [-0.39, 0.29) is 18.1 Å². The molecule has 0 amide bonds. The van der Waals surface area contributed by atoms with Crippen LogP contribution in [0.3, 0.4) is 0 Å². The Morgan fingerprint density at radius 2 is 2.13 bits per heavy atom. The standard InChI is InChI=1S/C10H10FN3S/c11-10-8(4-7-2-1-3-15-7)13-6-14-9(10)5-12/h1-3,6H,4-5,12H2. The average Bonchev–Trinajstić information content (AvgIpc) is 2.74. The fourth-order valence-corrected chi connectivity index (χ4v) is 2.00. The Labute approximate surface area is 90.8 Å². The topological polar surface area (TPSA) is 51.8 Å². The van der Waals surface area contributed by atoms with Gasteiger partial charge < -0.3 is 5.73 Å². The van der Waals surface area contributed by atoms with E-state index >= 15 is 0 Å². The molecular weight excluding hydrogens is 213 g/mol. The highest BCUT2D eigenvalue weighted by Gasteiger charge is 2.10. The summed E-state index contributed by atoms with van der Waals surface area (Å²) in [6, 6.07) is 3.89. The van der Waals surface area contributed by atoms with Crippen LogP contribution in [0, 0.1) is 5.82 Å². The highest BCUT2D eigenvalue weighted by molar-refractivity contribution is 7.09. The summed E-state index contributed by atoms with van der Waals surface area (Å²) in [4.78, 5) is 8.78. The summed E-state index contributed by atoms with van der Waals surface area (Å²) < 4.78 is 13.7. The molecule has 2 rings (SSSR count). The van der Waals surface area contributed by atoms with Gasteiger partial charge in [0.25, 0.3) is 0 Å². The minimum atomic E-state index is -0.381. The Bertz CT molecular complexity index is 442. The first-order valence-electron chi connectivity index (χ1n) is 4.52. The van der Waals surface area contributed by atoms with Crippen LogP contribution in [0.15, 0.2) is 23.8 Å². The summed E-state index contributed by atoms with van der Waals surface area (Å²) in [5, 5.41) is 1.96. The lowest BCUT2D eigenvalue weighted by Crippen LogP contribution is -2.07. The van der Waals surface area contributed by atoms with Crippen molar-refractivity contribution in [1.82, 2.24) is 9.97 Å².